The molecule has 1 aromatic heterocycles. The Balaban J connectivity index is 0.000000757. The van der Waals surface area contributed by atoms with Crippen LogP contribution in [0.4, 0.5) is 0 Å². The summed E-state index contributed by atoms with van der Waals surface area (Å²) in [6.45, 7) is 11.8. The van der Waals surface area contributed by atoms with Crippen LogP contribution in [-0.4, -0.2) is 10.4 Å². The molecule has 30 heavy (non-hydrogen) atoms. The van der Waals surface area contributed by atoms with Gasteiger partial charge in [-0.2, -0.15) is 0 Å². The number of aromatic nitrogens is 1. The third-order valence-corrected chi connectivity index (χ3v) is 5.09. The zero-order valence-corrected chi connectivity index (χ0v) is 19.0. The van der Waals surface area contributed by atoms with Crippen molar-refractivity contribution in [3.8, 4) is 0 Å². The van der Waals surface area contributed by atoms with Crippen LogP contribution in [0.25, 0.3) is 21.8 Å². The molecule has 0 bridgehead atoms. The second kappa shape index (κ2) is 10.0. The highest BCUT2D eigenvalue weighted by molar-refractivity contribution is 6.12. The third kappa shape index (κ3) is 4.06. The second-order valence-electron chi connectivity index (χ2n) is 6.73. The summed E-state index contributed by atoms with van der Waals surface area (Å²) < 4.78 is 1.99. The Morgan fingerprint density at radius 2 is 1.30 bits per heavy atom. The maximum atomic E-state index is 13.1. The summed E-state index contributed by atoms with van der Waals surface area (Å²) in [6, 6.07) is 18.9. The van der Waals surface area contributed by atoms with E-state index in [2.05, 4.69) is 0 Å². The highest BCUT2D eigenvalue weighted by Crippen LogP contribution is 2.24. The van der Waals surface area contributed by atoms with Crippen LogP contribution in [0, 0.1) is 13.8 Å². The normalized spacial score (nSPS) is 10.1. The molecule has 0 aliphatic carbocycles. The Bertz CT molecular complexity index is 1250. The van der Waals surface area contributed by atoms with Crippen LogP contribution >= 0.6 is 0 Å². The van der Waals surface area contributed by atoms with Gasteiger partial charge < -0.3 is 4.57 Å². The molecule has 0 amide bonds. The number of aryl methyl sites for hydroxylation is 3. The van der Waals surface area contributed by atoms with Gasteiger partial charge in [-0.05, 0) is 49.2 Å². The first-order chi connectivity index (χ1) is 14.5. The number of hydrogen-bond donors (Lipinski definition) is 0. The summed E-state index contributed by atoms with van der Waals surface area (Å²) in [6.07, 6.45) is 0. The zero-order valence-electron chi connectivity index (χ0n) is 19.0. The molecule has 3 heteroatoms. The minimum Gasteiger partial charge on any atom is -0.343 e. The van der Waals surface area contributed by atoms with Crippen LogP contribution < -0.4 is 5.43 Å². The highest BCUT2D eigenvalue weighted by Gasteiger charge is 2.17. The Kier molecular flexibility index (Phi) is 7.71. The summed E-state index contributed by atoms with van der Waals surface area (Å²) in [4.78, 5) is 26.0. The molecule has 0 aliphatic rings. The van der Waals surface area contributed by atoms with Crippen LogP contribution in [0.5, 0.6) is 0 Å². The molecule has 0 radical (unpaired) electrons. The van der Waals surface area contributed by atoms with E-state index in [1.54, 1.807) is 0 Å². The standard InChI is InChI=1S/C23H19NO2.2C2H6/c1-14-8-4-5-9-16(14)22(25)18-13-21-19(12-15(18)2)23(26)17-10-6-7-11-20(17)24(21)3;2*1-2/h4-13H,1-3H3;2*1-2H3. The molecule has 0 saturated heterocycles. The van der Waals surface area contributed by atoms with E-state index in [4.69, 9.17) is 0 Å². The first-order valence-corrected chi connectivity index (χ1v) is 10.6. The predicted octanol–water partition coefficient (Wildman–Crippen LogP) is 6.59. The summed E-state index contributed by atoms with van der Waals surface area (Å²) in [5.41, 5.74) is 4.74. The molecule has 0 fully saturated rings. The molecule has 4 rings (SSSR count). The minimum atomic E-state index is -0.0110. The number of fused-ring (bicyclic) bond motifs is 2. The smallest absolute Gasteiger partial charge is 0.197 e. The van der Waals surface area contributed by atoms with Crippen LogP contribution in [0.2, 0.25) is 0 Å². The van der Waals surface area contributed by atoms with E-state index in [0.717, 1.165) is 22.2 Å². The van der Waals surface area contributed by atoms with Crippen LogP contribution in [-0.2, 0) is 7.05 Å². The van der Waals surface area contributed by atoms with Gasteiger partial charge in [0.2, 0.25) is 0 Å². The molecule has 156 valence electrons. The van der Waals surface area contributed by atoms with Gasteiger partial charge in [-0.15, -0.1) is 0 Å². The van der Waals surface area contributed by atoms with Crippen molar-refractivity contribution in [3.63, 3.8) is 0 Å². The first kappa shape index (κ1) is 23.1. The van der Waals surface area contributed by atoms with E-state index in [1.807, 2.05) is 114 Å². The quantitative estimate of drug-likeness (QED) is 0.281. The van der Waals surface area contributed by atoms with E-state index >= 15 is 0 Å². The highest BCUT2D eigenvalue weighted by atomic mass is 16.1. The molecule has 0 unspecified atom stereocenters. The first-order valence-electron chi connectivity index (χ1n) is 10.6. The monoisotopic (exact) mass is 401 g/mol. The number of ketones is 1. The number of rotatable bonds is 2. The lowest BCUT2D eigenvalue weighted by molar-refractivity contribution is 0.103. The fraction of sp³-hybridized carbons (Fsp3) is 0.259. The Hall–Kier alpha value is -3.20. The van der Waals surface area contributed by atoms with Gasteiger partial charge in [-0.3, -0.25) is 9.59 Å². The second-order valence-corrected chi connectivity index (χ2v) is 6.73. The minimum absolute atomic E-state index is 0.00620. The Morgan fingerprint density at radius 3 is 1.97 bits per heavy atom. The van der Waals surface area contributed by atoms with Gasteiger partial charge in [-0.1, -0.05) is 64.1 Å². The van der Waals surface area contributed by atoms with E-state index in [-0.39, 0.29) is 11.2 Å². The molecule has 0 spiro atoms. The van der Waals surface area contributed by atoms with Crippen molar-refractivity contribution in [2.24, 2.45) is 7.05 Å². The van der Waals surface area contributed by atoms with E-state index in [9.17, 15) is 9.59 Å². The van der Waals surface area contributed by atoms with Crippen molar-refractivity contribution >= 4 is 27.6 Å². The molecule has 0 atom stereocenters. The van der Waals surface area contributed by atoms with Gasteiger partial charge >= 0.3 is 0 Å². The van der Waals surface area contributed by atoms with Crippen molar-refractivity contribution < 1.29 is 4.79 Å². The summed E-state index contributed by atoms with van der Waals surface area (Å²) in [5, 5.41) is 1.34. The molecular weight excluding hydrogens is 370 g/mol. The SMILES string of the molecule is CC.CC.Cc1ccccc1C(=O)c1cc2c(cc1C)c(=O)c1ccccc1n2C. The number of nitrogens with zero attached hydrogens (tertiary/aromatic N) is 1. The van der Waals surface area contributed by atoms with Crippen molar-refractivity contribution in [2.45, 2.75) is 41.5 Å². The average Bonchev–Trinajstić information content (AvgIpc) is 2.80. The fourth-order valence-corrected chi connectivity index (χ4v) is 3.61. The van der Waals surface area contributed by atoms with Crippen molar-refractivity contribution in [1.29, 1.82) is 0 Å². The molecule has 0 saturated carbocycles. The molecule has 3 nitrogen and oxygen atoms in total. The lowest BCUT2D eigenvalue weighted by Crippen LogP contribution is -2.12. The zero-order chi connectivity index (χ0) is 22.4. The van der Waals surface area contributed by atoms with Crippen molar-refractivity contribution in [3.05, 3.63) is 93.1 Å². The number of para-hydroxylation sites is 1. The molecule has 0 N–H and O–H groups in total. The largest absolute Gasteiger partial charge is 0.343 e. The van der Waals surface area contributed by atoms with Gasteiger partial charge in [0.15, 0.2) is 11.2 Å². The van der Waals surface area contributed by atoms with Crippen molar-refractivity contribution in [2.75, 3.05) is 0 Å². The number of carbonyl (C=O) groups is 1. The fourth-order valence-electron chi connectivity index (χ4n) is 3.61. The summed E-state index contributed by atoms with van der Waals surface area (Å²) >= 11 is 0. The third-order valence-electron chi connectivity index (χ3n) is 5.09. The number of carbonyl (C=O) groups excluding carboxylic acids is 1. The number of hydrogen-bond acceptors (Lipinski definition) is 2. The summed E-state index contributed by atoms with van der Waals surface area (Å²) in [7, 11) is 1.93. The summed E-state index contributed by atoms with van der Waals surface area (Å²) in [5.74, 6) is -0.0110. The van der Waals surface area contributed by atoms with Crippen LogP contribution in [0.3, 0.4) is 0 Å². The average molecular weight is 402 g/mol. The van der Waals surface area contributed by atoms with E-state index in [1.165, 1.54) is 0 Å². The van der Waals surface area contributed by atoms with Crippen LogP contribution in [0.15, 0.2) is 65.5 Å². The van der Waals surface area contributed by atoms with Gasteiger partial charge in [0, 0.05) is 28.9 Å². The molecule has 0 aliphatic heterocycles. The van der Waals surface area contributed by atoms with Crippen molar-refractivity contribution in [1.82, 2.24) is 4.57 Å². The Morgan fingerprint density at radius 1 is 0.700 bits per heavy atom. The molecule has 1 heterocycles. The number of benzene rings is 3. The maximum Gasteiger partial charge on any atom is 0.197 e. The lowest BCUT2D eigenvalue weighted by Gasteiger charge is -2.14. The molecular formula is C27H31NO2. The lowest BCUT2D eigenvalue weighted by atomic mass is 9.94. The maximum absolute atomic E-state index is 13.1. The molecule has 4 aromatic rings. The molecule has 3 aromatic carbocycles. The number of pyridine rings is 1. The van der Waals surface area contributed by atoms with Gasteiger partial charge in [-0.25, -0.2) is 0 Å². The van der Waals surface area contributed by atoms with Gasteiger partial charge in [0.1, 0.15) is 0 Å². The predicted molar refractivity (Wildman–Crippen MR) is 129 cm³/mol. The van der Waals surface area contributed by atoms with E-state index < -0.39 is 0 Å². The van der Waals surface area contributed by atoms with Crippen LogP contribution in [0.1, 0.15) is 54.7 Å². The topological polar surface area (TPSA) is 39.1 Å². The Labute approximate surface area is 179 Å². The van der Waals surface area contributed by atoms with Gasteiger partial charge in [0.25, 0.3) is 0 Å². The van der Waals surface area contributed by atoms with E-state index in [0.29, 0.717) is 21.9 Å². The van der Waals surface area contributed by atoms with Gasteiger partial charge in [0.05, 0.1) is 11.0 Å².